The van der Waals surface area contributed by atoms with Crippen LogP contribution in [0.3, 0.4) is 0 Å². The standard InChI is InChI=1S/C14H23BINOS/c1-9(2)17-11-6-4-5-10(3)7-14(15,16)8-12(11)19-13(17)18/h9-12H,4-8H2,1-3H3. The van der Waals surface area contributed by atoms with Crippen molar-refractivity contribution in [2.45, 2.75) is 73.5 Å². The Morgan fingerprint density at radius 3 is 2.74 bits per heavy atom. The maximum Gasteiger partial charge on any atom is 0.282 e. The van der Waals surface area contributed by atoms with Crippen molar-refractivity contribution in [3.63, 3.8) is 0 Å². The molecular formula is C14H23BINOS. The van der Waals surface area contributed by atoms with E-state index in [-0.39, 0.29) is 8.56 Å². The van der Waals surface area contributed by atoms with Crippen molar-refractivity contribution in [3.8, 4) is 0 Å². The highest BCUT2D eigenvalue weighted by atomic mass is 127. The number of fused-ring (bicyclic) bond motifs is 1. The Bertz CT molecular complexity index is 350. The summed E-state index contributed by atoms with van der Waals surface area (Å²) in [6.07, 6.45) is 5.59. The van der Waals surface area contributed by atoms with Crippen LogP contribution in [0.4, 0.5) is 4.79 Å². The number of thioether (sulfide) groups is 1. The number of nitrogens with zero attached hydrogens (tertiary/aromatic N) is 1. The minimum Gasteiger partial charge on any atom is -0.327 e. The summed E-state index contributed by atoms with van der Waals surface area (Å²) in [6.45, 7) is 6.55. The van der Waals surface area contributed by atoms with Crippen LogP contribution in [0.5, 0.6) is 0 Å². The van der Waals surface area contributed by atoms with Gasteiger partial charge in [-0.15, -0.1) is 0 Å². The van der Waals surface area contributed by atoms with E-state index in [1.165, 1.54) is 24.6 Å². The fraction of sp³-hybridized carbons (Fsp3) is 0.929. The van der Waals surface area contributed by atoms with E-state index in [4.69, 9.17) is 7.85 Å². The quantitative estimate of drug-likeness (QED) is 0.380. The number of rotatable bonds is 1. The Morgan fingerprint density at radius 1 is 1.42 bits per heavy atom. The molecule has 4 atom stereocenters. The summed E-state index contributed by atoms with van der Waals surface area (Å²) >= 11 is 3.93. The fourth-order valence-electron chi connectivity index (χ4n) is 3.45. The third-order valence-electron chi connectivity index (χ3n) is 4.23. The summed E-state index contributed by atoms with van der Waals surface area (Å²) in [5, 5.41) is 0.632. The molecule has 1 aliphatic carbocycles. The Labute approximate surface area is 136 Å². The van der Waals surface area contributed by atoms with Crippen LogP contribution in [0.15, 0.2) is 0 Å². The van der Waals surface area contributed by atoms with Crippen molar-refractivity contribution in [2.75, 3.05) is 0 Å². The van der Waals surface area contributed by atoms with E-state index in [1.54, 1.807) is 0 Å². The monoisotopic (exact) mass is 391 g/mol. The molecule has 0 N–H and O–H groups in total. The highest BCUT2D eigenvalue weighted by Gasteiger charge is 2.44. The molecule has 0 bridgehead atoms. The van der Waals surface area contributed by atoms with E-state index < -0.39 is 0 Å². The minimum atomic E-state index is -0.162. The summed E-state index contributed by atoms with van der Waals surface area (Å²) in [5.41, 5.74) is 0. The number of halogens is 1. The lowest BCUT2D eigenvalue weighted by Gasteiger charge is -2.32. The summed E-state index contributed by atoms with van der Waals surface area (Å²) in [5.74, 6) is 0.689. The summed E-state index contributed by atoms with van der Waals surface area (Å²) in [6, 6.07) is 0.690. The first kappa shape index (κ1) is 16.0. The lowest BCUT2D eigenvalue weighted by atomic mass is 9.76. The van der Waals surface area contributed by atoms with E-state index in [0.29, 0.717) is 23.3 Å². The molecule has 2 nitrogen and oxygen atoms in total. The minimum absolute atomic E-state index is 0.162. The average molecular weight is 391 g/mol. The predicted octanol–water partition coefficient (Wildman–Crippen LogP) is 4.20. The Balaban J connectivity index is 2.19. The van der Waals surface area contributed by atoms with Gasteiger partial charge in [0.1, 0.15) is 0 Å². The van der Waals surface area contributed by atoms with E-state index in [9.17, 15) is 4.79 Å². The van der Waals surface area contributed by atoms with Crippen LogP contribution in [0.2, 0.25) is 0 Å². The molecule has 0 aromatic heterocycles. The van der Waals surface area contributed by atoms with Crippen molar-refractivity contribution in [1.82, 2.24) is 4.90 Å². The molecule has 5 heteroatoms. The third kappa shape index (κ3) is 3.83. The van der Waals surface area contributed by atoms with E-state index >= 15 is 0 Å². The van der Waals surface area contributed by atoms with Crippen molar-refractivity contribution in [2.24, 2.45) is 5.92 Å². The second kappa shape index (κ2) is 6.16. The summed E-state index contributed by atoms with van der Waals surface area (Å²) < 4.78 is -0.162. The van der Waals surface area contributed by atoms with E-state index in [2.05, 4.69) is 48.3 Å². The van der Waals surface area contributed by atoms with Crippen LogP contribution in [0.25, 0.3) is 0 Å². The maximum atomic E-state index is 12.2. The fourth-order valence-corrected chi connectivity index (χ4v) is 6.51. The lowest BCUT2D eigenvalue weighted by molar-refractivity contribution is 0.177. The first-order valence-electron chi connectivity index (χ1n) is 7.27. The molecule has 0 aromatic rings. The molecule has 2 rings (SSSR count). The molecule has 2 aliphatic rings. The topological polar surface area (TPSA) is 20.3 Å². The van der Waals surface area contributed by atoms with Crippen molar-refractivity contribution >= 4 is 47.4 Å². The van der Waals surface area contributed by atoms with Gasteiger partial charge in [0.05, 0.1) is 7.85 Å². The average Bonchev–Trinajstić information content (AvgIpc) is 2.53. The van der Waals surface area contributed by atoms with Crippen LogP contribution in [-0.4, -0.2) is 38.6 Å². The SMILES string of the molecule is [B]C1(I)CC(C)CCCC2C(C1)SC(=O)N2C(C)C. The molecular weight excluding hydrogens is 368 g/mol. The number of alkyl halides is 1. The predicted molar refractivity (Wildman–Crippen MR) is 92.3 cm³/mol. The van der Waals surface area contributed by atoms with Gasteiger partial charge in [-0.05, 0) is 42.3 Å². The van der Waals surface area contributed by atoms with Crippen molar-refractivity contribution < 1.29 is 4.79 Å². The second-order valence-electron chi connectivity index (χ2n) is 6.47. The zero-order valence-corrected chi connectivity index (χ0v) is 15.0. The van der Waals surface area contributed by atoms with Crippen LogP contribution in [-0.2, 0) is 0 Å². The van der Waals surface area contributed by atoms with Crippen LogP contribution < -0.4 is 0 Å². The highest BCUT2D eigenvalue weighted by Crippen LogP contribution is 2.44. The highest BCUT2D eigenvalue weighted by molar-refractivity contribution is 14.1. The molecule has 1 heterocycles. The number of carbonyl (C=O) groups is 1. The van der Waals surface area contributed by atoms with Crippen LogP contribution in [0.1, 0.15) is 52.9 Å². The molecule has 4 unspecified atom stereocenters. The van der Waals surface area contributed by atoms with Crippen molar-refractivity contribution in [3.05, 3.63) is 0 Å². The second-order valence-corrected chi connectivity index (χ2v) is 9.81. The largest absolute Gasteiger partial charge is 0.327 e. The first-order chi connectivity index (χ1) is 8.80. The molecule has 1 saturated carbocycles. The Morgan fingerprint density at radius 2 is 2.11 bits per heavy atom. The third-order valence-corrected chi connectivity index (χ3v) is 6.31. The zero-order chi connectivity index (χ0) is 14.2. The van der Waals surface area contributed by atoms with Crippen molar-refractivity contribution in [1.29, 1.82) is 0 Å². The normalized spacial score (nSPS) is 40.8. The Kier molecular flexibility index (Phi) is 5.19. The van der Waals surface area contributed by atoms with Gasteiger partial charge in [-0.25, -0.2) is 0 Å². The molecule has 2 fully saturated rings. The molecule has 0 aromatic carbocycles. The Hall–Kier alpha value is 0.615. The molecule has 1 aliphatic heterocycles. The molecule has 1 saturated heterocycles. The number of carbonyl (C=O) groups excluding carboxylic acids is 1. The van der Waals surface area contributed by atoms with Gasteiger partial charge >= 0.3 is 0 Å². The zero-order valence-electron chi connectivity index (χ0n) is 12.1. The molecule has 0 spiro atoms. The van der Waals surface area contributed by atoms with Gasteiger partial charge in [0.2, 0.25) is 0 Å². The van der Waals surface area contributed by atoms with Crippen LogP contribution in [0, 0.1) is 5.92 Å². The van der Waals surface area contributed by atoms with E-state index in [1.807, 2.05) is 0 Å². The molecule has 1 amide bonds. The number of amides is 1. The van der Waals surface area contributed by atoms with Gasteiger partial charge in [0, 0.05) is 17.3 Å². The first-order valence-corrected chi connectivity index (χ1v) is 9.23. The maximum absolute atomic E-state index is 12.2. The van der Waals surface area contributed by atoms with Gasteiger partial charge in [-0.2, -0.15) is 0 Å². The van der Waals surface area contributed by atoms with Gasteiger partial charge in [0.15, 0.2) is 0 Å². The lowest BCUT2D eigenvalue weighted by Crippen LogP contribution is -2.42. The van der Waals surface area contributed by atoms with Gasteiger partial charge in [-0.3, -0.25) is 4.79 Å². The molecule has 2 radical (unpaired) electrons. The summed E-state index contributed by atoms with van der Waals surface area (Å²) in [4.78, 5) is 14.3. The van der Waals surface area contributed by atoms with E-state index in [0.717, 1.165) is 19.3 Å². The summed E-state index contributed by atoms with van der Waals surface area (Å²) in [7, 11) is 6.47. The van der Waals surface area contributed by atoms with Gasteiger partial charge in [0.25, 0.3) is 5.24 Å². The van der Waals surface area contributed by atoms with Gasteiger partial charge in [-0.1, -0.05) is 54.1 Å². The molecule has 19 heavy (non-hydrogen) atoms. The number of hydrogen-bond donors (Lipinski definition) is 0. The molecule has 106 valence electrons. The van der Waals surface area contributed by atoms with Crippen LogP contribution >= 0.6 is 34.4 Å². The smallest absolute Gasteiger partial charge is 0.282 e. The van der Waals surface area contributed by atoms with Gasteiger partial charge < -0.3 is 4.90 Å². The number of hydrogen-bond acceptors (Lipinski definition) is 2.